The van der Waals surface area contributed by atoms with Crippen LogP contribution >= 0.6 is 11.3 Å². The summed E-state index contributed by atoms with van der Waals surface area (Å²) < 4.78 is 0. The number of carbonyl (C=O) groups excluding carboxylic acids is 1. The van der Waals surface area contributed by atoms with Crippen molar-refractivity contribution >= 4 is 28.7 Å². The largest absolute Gasteiger partial charge is 0.507 e. The predicted molar refractivity (Wildman–Crippen MR) is 101 cm³/mol. The molecule has 1 amide bonds. The molecule has 0 spiro atoms. The second-order valence-corrected chi connectivity index (χ2v) is 5.51. The van der Waals surface area contributed by atoms with Crippen molar-refractivity contribution in [1.29, 1.82) is 0 Å². The Labute approximate surface area is 146 Å². The lowest BCUT2D eigenvalue weighted by molar-refractivity contribution is -0.115. The third-order valence-corrected chi connectivity index (χ3v) is 4.09. The average Bonchev–Trinajstić information content (AvgIpc) is 3.00. The quantitative estimate of drug-likeness (QED) is 0.391. The van der Waals surface area contributed by atoms with Gasteiger partial charge < -0.3 is 15.5 Å². The SMILES string of the molecule is C=[C+]c1cccc(-c2cc(NC(=O)C(=C)O)c(C(=C)O)s2)c1.CC. The van der Waals surface area contributed by atoms with Crippen LogP contribution in [0.5, 0.6) is 0 Å². The average molecular weight is 342 g/mol. The van der Waals surface area contributed by atoms with Crippen LogP contribution in [0.2, 0.25) is 0 Å². The van der Waals surface area contributed by atoms with Gasteiger partial charge in [0.05, 0.1) is 33.1 Å². The van der Waals surface area contributed by atoms with E-state index >= 15 is 0 Å². The molecule has 0 radical (unpaired) electrons. The monoisotopic (exact) mass is 342 g/mol. The molecule has 2 rings (SSSR count). The summed E-state index contributed by atoms with van der Waals surface area (Å²) in [5, 5.41) is 21.3. The van der Waals surface area contributed by atoms with Crippen LogP contribution in [-0.2, 0) is 4.79 Å². The molecule has 0 saturated heterocycles. The molecule has 0 aliphatic rings. The van der Waals surface area contributed by atoms with E-state index in [1.165, 1.54) is 11.3 Å². The van der Waals surface area contributed by atoms with Crippen LogP contribution in [0.1, 0.15) is 24.3 Å². The third-order valence-electron chi connectivity index (χ3n) is 2.86. The molecule has 3 N–H and O–H groups in total. The molecule has 0 atom stereocenters. The fraction of sp³-hybridized carbons (Fsp3) is 0.105. The summed E-state index contributed by atoms with van der Waals surface area (Å²) in [6, 6.07) is 9.22. The molecular formula is C19H20NO3S+. The van der Waals surface area contributed by atoms with Crippen molar-refractivity contribution in [3.05, 3.63) is 72.3 Å². The van der Waals surface area contributed by atoms with Crippen molar-refractivity contribution < 1.29 is 15.0 Å². The number of benzene rings is 1. The zero-order chi connectivity index (χ0) is 18.3. The first-order valence-electron chi connectivity index (χ1n) is 7.27. The predicted octanol–water partition coefficient (Wildman–Crippen LogP) is 5.32. The Morgan fingerprint density at radius 2 is 1.88 bits per heavy atom. The van der Waals surface area contributed by atoms with Gasteiger partial charge >= 0.3 is 0 Å². The molecule has 0 unspecified atom stereocenters. The highest BCUT2D eigenvalue weighted by Crippen LogP contribution is 2.38. The number of aliphatic hydroxyl groups is 2. The Kier molecular flexibility index (Phi) is 6.93. The van der Waals surface area contributed by atoms with E-state index in [2.05, 4.69) is 31.1 Å². The minimum atomic E-state index is -0.736. The van der Waals surface area contributed by atoms with Gasteiger partial charge in [0.1, 0.15) is 5.76 Å². The molecule has 0 aliphatic carbocycles. The molecule has 1 aromatic heterocycles. The van der Waals surface area contributed by atoms with Crippen LogP contribution in [0, 0.1) is 6.08 Å². The van der Waals surface area contributed by atoms with Gasteiger partial charge in [-0.05, 0) is 18.2 Å². The lowest BCUT2D eigenvalue weighted by Crippen LogP contribution is -2.13. The normalized spacial score (nSPS) is 9.25. The van der Waals surface area contributed by atoms with Crippen LogP contribution < -0.4 is 5.32 Å². The minimum absolute atomic E-state index is 0.165. The van der Waals surface area contributed by atoms with Gasteiger partial charge in [-0.25, -0.2) is 0 Å². The van der Waals surface area contributed by atoms with Gasteiger partial charge in [-0.1, -0.05) is 27.0 Å². The van der Waals surface area contributed by atoms with E-state index < -0.39 is 11.7 Å². The van der Waals surface area contributed by atoms with Crippen molar-refractivity contribution in [2.24, 2.45) is 0 Å². The van der Waals surface area contributed by atoms with Crippen molar-refractivity contribution in [2.75, 3.05) is 5.32 Å². The van der Waals surface area contributed by atoms with E-state index in [4.69, 9.17) is 5.11 Å². The van der Waals surface area contributed by atoms with Gasteiger partial charge in [-0.3, -0.25) is 4.79 Å². The first kappa shape index (κ1) is 19.2. The summed E-state index contributed by atoms with van der Waals surface area (Å²) in [4.78, 5) is 12.8. The Bertz CT molecular complexity index is 775. The van der Waals surface area contributed by atoms with E-state index in [0.29, 0.717) is 10.6 Å². The summed E-state index contributed by atoms with van der Waals surface area (Å²) in [6.45, 7) is 14.3. The van der Waals surface area contributed by atoms with Gasteiger partial charge in [0.25, 0.3) is 5.91 Å². The number of anilines is 1. The number of hydrogen-bond acceptors (Lipinski definition) is 4. The summed E-state index contributed by atoms with van der Waals surface area (Å²) in [5.74, 6) is -1.51. The van der Waals surface area contributed by atoms with Crippen molar-refractivity contribution in [1.82, 2.24) is 0 Å². The maximum atomic E-state index is 11.5. The third kappa shape index (κ3) is 4.56. The summed E-state index contributed by atoms with van der Waals surface area (Å²) >= 11 is 1.27. The summed E-state index contributed by atoms with van der Waals surface area (Å²) in [7, 11) is 0. The maximum Gasteiger partial charge on any atom is 0.289 e. The number of nitrogens with one attached hydrogen (secondary N) is 1. The first-order chi connectivity index (χ1) is 11.4. The molecule has 4 nitrogen and oxygen atoms in total. The van der Waals surface area contributed by atoms with E-state index in [1.54, 1.807) is 6.07 Å². The molecule has 24 heavy (non-hydrogen) atoms. The number of amides is 1. The fourth-order valence-corrected chi connectivity index (χ4v) is 2.80. The molecule has 0 saturated carbocycles. The highest BCUT2D eigenvalue weighted by Gasteiger charge is 2.17. The second kappa shape index (κ2) is 8.67. The molecule has 124 valence electrons. The van der Waals surface area contributed by atoms with Crippen LogP contribution in [0.3, 0.4) is 0 Å². The van der Waals surface area contributed by atoms with Gasteiger partial charge in [0, 0.05) is 12.7 Å². The number of thiophene rings is 1. The fourth-order valence-electron chi connectivity index (χ4n) is 1.82. The van der Waals surface area contributed by atoms with Crippen LogP contribution in [0.25, 0.3) is 16.2 Å². The van der Waals surface area contributed by atoms with Crippen LogP contribution in [-0.4, -0.2) is 16.1 Å². The van der Waals surface area contributed by atoms with Crippen molar-refractivity contribution in [3.8, 4) is 10.4 Å². The molecule has 5 heteroatoms. The number of hydrogen-bond donors (Lipinski definition) is 3. The zero-order valence-electron chi connectivity index (χ0n) is 13.7. The topological polar surface area (TPSA) is 69.6 Å². The number of carbonyl (C=O) groups is 1. The van der Waals surface area contributed by atoms with Gasteiger partial charge in [-0.2, -0.15) is 0 Å². The van der Waals surface area contributed by atoms with E-state index in [1.807, 2.05) is 38.1 Å². The minimum Gasteiger partial charge on any atom is -0.507 e. The highest BCUT2D eigenvalue weighted by molar-refractivity contribution is 7.17. The number of aliphatic hydroxyl groups excluding tert-OH is 2. The Morgan fingerprint density at radius 3 is 2.42 bits per heavy atom. The summed E-state index contributed by atoms with van der Waals surface area (Å²) in [5.41, 5.74) is 2.09. The van der Waals surface area contributed by atoms with Gasteiger partial charge in [0.2, 0.25) is 0 Å². The maximum absolute atomic E-state index is 11.5. The van der Waals surface area contributed by atoms with Gasteiger partial charge in [0.15, 0.2) is 11.3 Å². The molecule has 0 aliphatic heterocycles. The first-order valence-corrected chi connectivity index (χ1v) is 8.09. The van der Waals surface area contributed by atoms with E-state index in [-0.39, 0.29) is 5.76 Å². The smallest absolute Gasteiger partial charge is 0.289 e. The summed E-state index contributed by atoms with van der Waals surface area (Å²) in [6.07, 6.45) is 2.80. The molecule has 0 fully saturated rings. The molecule has 2 aromatic rings. The highest BCUT2D eigenvalue weighted by atomic mass is 32.1. The molecule has 1 aromatic carbocycles. The van der Waals surface area contributed by atoms with Crippen molar-refractivity contribution in [2.45, 2.75) is 13.8 Å². The Morgan fingerprint density at radius 1 is 1.21 bits per heavy atom. The zero-order valence-corrected chi connectivity index (χ0v) is 14.5. The molecule has 1 heterocycles. The van der Waals surface area contributed by atoms with E-state index in [9.17, 15) is 9.90 Å². The molecular weight excluding hydrogens is 322 g/mol. The van der Waals surface area contributed by atoms with Crippen molar-refractivity contribution in [3.63, 3.8) is 0 Å². The second-order valence-electron chi connectivity index (χ2n) is 4.46. The molecule has 0 bridgehead atoms. The van der Waals surface area contributed by atoms with Crippen LogP contribution in [0.15, 0.2) is 55.8 Å². The Balaban J connectivity index is 0.00000139. The number of rotatable bonds is 5. The lowest BCUT2D eigenvalue weighted by Gasteiger charge is -2.03. The van der Waals surface area contributed by atoms with E-state index in [0.717, 1.165) is 16.0 Å². The standard InChI is InChI=1S/C17H13NO3S.C2H6/c1-4-12-6-5-7-13(8-12)15-9-14(16(22-15)10(2)19)18-17(21)11(3)20;1-2/h5-9H,1-3H2,(H2-,18,19,20,21);1-2H3/p+1. The van der Waals surface area contributed by atoms with Gasteiger partial charge in [-0.15, -0.1) is 11.3 Å². The van der Waals surface area contributed by atoms with Crippen LogP contribution in [0.4, 0.5) is 5.69 Å². The lowest BCUT2D eigenvalue weighted by atomic mass is 10.1. The Hall–Kier alpha value is -2.88.